The summed E-state index contributed by atoms with van der Waals surface area (Å²) >= 11 is 0. The van der Waals surface area contributed by atoms with Crippen LogP contribution in [0.3, 0.4) is 0 Å². The van der Waals surface area contributed by atoms with Gasteiger partial charge in [0, 0.05) is 0 Å². The Kier molecular flexibility index (Phi) is 4.78. The molecule has 0 N–H and O–H groups in total. The first kappa shape index (κ1) is 15.7. The van der Waals surface area contributed by atoms with Gasteiger partial charge in [0.05, 0.1) is 0 Å². The van der Waals surface area contributed by atoms with Crippen molar-refractivity contribution in [2.75, 3.05) is 0 Å². The topological polar surface area (TPSA) is 27.7 Å². The number of benzene rings is 2. The standard InChI is InChI=1S/C18H22O3/c1-17(2,15-11-7-5-8-12-15)19-21-20-18(3,4)16-13-9-6-10-14-16/h5-14H,1-4H3. The minimum absolute atomic E-state index is 0.589. The molecule has 0 aliphatic carbocycles. The molecule has 0 radical (unpaired) electrons. The van der Waals surface area contributed by atoms with Crippen LogP contribution >= 0.6 is 0 Å². The van der Waals surface area contributed by atoms with E-state index >= 15 is 0 Å². The SMILES string of the molecule is CC(C)(OOOC(C)(C)c1ccccc1)c1ccccc1. The molecule has 0 aromatic heterocycles. The summed E-state index contributed by atoms with van der Waals surface area (Å²) in [4.78, 5) is 10.9. The van der Waals surface area contributed by atoms with Gasteiger partial charge >= 0.3 is 0 Å². The quantitative estimate of drug-likeness (QED) is 0.567. The van der Waals surface area contributed by atoms with Crippen LogP contribution in [0.5, 0.6) is 0 Å². The summed E-state index contributed by atoms with van der Waals surface area (Å²) in [5.74, 6) is 0. The van der Waals surface area contributed by atoms with Crippen molar-refractivity contribution in [1.82, 2.24) is 0 Å². The molecule has 2 rings (SSSR count). The molecule has 112 valence electrons. The van der Waals surface area contributed by atoms with Crippen LogP contribution in [0.4, 0.5) is 0 Å². The number of hydrogen-bond donors (Lipinski definition) is 0. The Morgan fingerprint density at radius 1 is 0.571 bits per heavy atom. The highest BCUT2D eigenvalue weighted by molar-refractivity contribution is 5.21. The molecule has 0 aliphatic heterocycles. The second kappa shape index (κ2) is 6.39. The predicted molar refractivity (Wildman–Crippen MR) is 82.2 cm³/mol. The molecule has 0 aliphatic rings. The van der Waals surface area contributed by atoms with Crippen LogP contribution in [0.25, 0.3) is 0 Å². The summed E-state index contributed by atoms with van der Waals surface area (Å²) in [5, 5.41) is 5.07. The van der Waals surface area contributed by atoms with E-state index in [1.807, 2.05) is 88.4 Å². The Balaban J connectivity index is 1.95. The van der Waals surface area contributed by atoms with Crippen molar-refractivity contribution in [1.29, 1.82) is 0 Å². The molecule has 0 atom stereocenters. The third-order valence-electron chi connectivity index (χ3n) is 3.42. The van der Waals surface area contributed by atoms with E-state index in [-0.39, 0.29) is 0 Å². The van der Waals surface area contributed by atoms with Crippen LogP contribution in [0, 0.1) is 0 Å². The summed E-state index contributed by atoms with van der Waals surface area (Å²) in [7, 11) is 0. The molecular weight excluding hydrogens is 264 g/mol. The second-order valence-corrected chi connectivity index (χ2v) is 5.99. The lowest BCUT2D eigenvalue weighted by molar-refractivity contribution is -0.570. The molecule has 21 heavy (non-hydrogen) atoms. The van der Waals surface area contributed by atoms with Crippen molar-refractivity contribution >= 4 is 0 Å². The van der Waals surface area contributed by atoms with Crippen molar-refractivity contribution < 1.29 is 14.8 Å². The third kappa shape index (κ3) is 4.14. The fourth-order valence-corrected chi connectivity index (χ4v) is 1.96. The summed E-state index contributed by atoms with van der Waals surface area (Å²) in [6, 6.07) is 19.8. The molecular formula is C18H22O3. The minimum atomic E-state index is -0.589. The molecule has 2 aromatic carbocycles. The fourth-order valence-electron chi connectivity index (χ4n) is 1.96. The summed E-state index contributed by atoms with van der Waals surface area (Å²) < 4.78 is 0. The average molecular weight is 286 g/mol. The first-order valence-electron chi connectivity index (χ1n) is 7.06. The Morgan fingerprint density at radius 2 is 0.905 bits per heavy atom. The molecule has 0 amide bonds. The van der Waals surface area contributed by atoms with Crippen LogP contribution in [-0.4, -0.2) is 0 Å². The van der Waals surface area contributed by atoms with E-state index in [0.29, 0.717) is 0 Å². The first-order chi connectivity index (χ1) is 9.92. The van der Waals surface area contributed by atoms with E-state index in [4.69, 9.17) is 14.8 Å². The van der Waals surface area contributed by atoms with Crippen molar-refractivity contribution in [3.05, 3.63) is 71.8 Å². The lowest BCUT2D eigenvalue weighted by atomic mass is 9.99. The molecule has 3 heteroatoms. The van der Waals surface area contributed by atoms with Crippen LogP contribution in [0.15, 0.2) is 60.7 Å². The highest BCUT2D eigenvalue weighted by atomic mass is 17.5. The molecule has 0 saturated heterocycles. The Morgan fingerprint density at radius 3 is 1.24 bits per heavy atom. The second-order valence-electron chi connectivity index (χ2n) is 5.99. The number of rotatable bonds is 6. The maximum atomic E-state index is 5.45. The van der Waals surface area contributed by atoms with Gasteiger partial charge in [0.15, 0.2) is 0 Å². The van der Waals surface area contributed by atoms with E-state index in [2.05, 4.69) is 0 Å². The molecule has 0 bridgehead atoms. The van der Waals surface area contributed by atoms with Gasteiger partial charge in [0.1, 0.15) is 11.2 Å². The zero-order valence-electron chi connectivity index (χ0n) is 13.0. The minimum Gasteiger partial charge on any atom is -0.195 e. The summed E-state index contributed by atoms with van der Waals surface area (Å²) in [5.41, 5.74) is 0.861. The van der Waals surface area contributed by atoms with Gasteiger partial charge in [-0.05, 0) is 38.8 Å². The Bertz CT molecular complexity index is 496. The lowest BCUT2D eigenvalue weighted by Gasteiger charge is -2.27. The fraction of sp³-hybridized carbons (Fsp3) is 0.333. The smallest absolute Gasteiger partial charge is 0.126 e. The van der Waals surface area contributed by atoms with E-state index in [1.165, 1.54) is 0 Å². The number of hydrogen-bond acceptors (Lipinski definition) is 3. The van der Waals surface area contributed by atoms with Gasteiger partial charge in [0.2, 0.25) is 0 Å². The lowest BCUT2D eigenvalue weighted by Crippen LogP contribution is -2.27. The molecule has 0 fully saturated rings. The molecule has 0 spiro atoms. The van der Waals surface area contributed by atoms with Gasteiger partial charge in [0.25, 0.3) is 0 Å². The van der Waals surface area contributed by atoms with Crippen LogP contribution < -0.4 is 0 Å². The highest BCUT2D eigenvalue weighted by Crippen LogP contribution is 2.28. The Labute approximate surface area is 126 Å². The monoisotopic (exact) mass is 286 g/mol. The largest absolute Gasteiger partial charge is 0.195 e. The van der Waals surface area contributed by atoms with Gasteiger partial charge < -0.3 is 0 Å². The average Bonchev–Trinajstić information content (AvgIpc) is 2.49. The van der Waals surface area contributed by atoms with E-state index in [1.54, 1.807) is 0 Å². The van der Waals surface area contributed by atoms with Crippen LogP contribution in [0.1, 0.15) is 38.8 Å². The summed E-state index contributed by atoms with van der Waals surface area (Å²) in [6.07, 6.45) is 0. The van der Waals surface area contributed by atoms with E-state index in [9.17, 15) is 0 Å². The van der Waals surface area contributed by atoms with E-state index < -0.39 is 11.2 Å². The zero-order valence-corrected chi connectivity index (χ0v) is 13.0. The van der Waals surface area contributed by atoms with Gasteiger partial charge in [-0.2, -0.15) is 9.78 Å². The maximum absolute atomic E-state index is 5.45. The third-order valence-corrected chi connectivity index (χ3v) is 3.42. The predicted octanol–water partition coefficient (Wildman–Crippen LogP) is 4.74. The molecule has 3 nitrogen and oxygen atoms in total. The first-order valence-corrected chi connectivity index (χ1v) is 7.06. The zero-order chi connectivity index (χ0) is 15.3. The van der Waals surface area contributed by atoms with Crippen molar-refractivity contribution in [3.63, 3.8) is 0 Å². The molecule has 0 saturated carbocycles. The van der Waals surface area contributed by atoms with E-state index in [0.717, 1.165) is 11.1 Å². The maximum Gasteiger partial charge on any atom is 0.126 e. The molecule has 2 aromatic rings. The van der Waals surface area contributed by atoms with Crippen molar-refractivity contribution in [2.24, 2.45) is 0 Å². The van der Waals surface area contributed by atoms with Crippen molar-refractivity contribution in [2.45, 2.75) is 38.9 Å². The van der Waals surface area contributed by atoms with Gasteiger partial charge in [-0.15, -0.1) is 0 Å². The normalized spacial score (nSPS) is 12.4. The van der Waals surface area contributed by atoms with Crippen LogP contribution in [-0.2, 0) is 26.0 Å². The van der Waals surface area contributed by atoms with Gasteiger partial charge in [-0.1, -0.05) is 65.7 Å². The van der Waals surface area contributed by atoms with Gasteiger partial charge in [-0.3, -0.25) is 0 Å². The summed E-state index contributed by atoms with van der Waals surface area (Å²) in [6.45, 7) is 7.73. The van der Waals surface area contributed by atoms with Crippen molar-refractivity contribution in [3.8, 4) is 0 Å². The van der Waals surface area contributed by atoms with Crippen LogP contribution in [0.2, 0.25) is 0 Å². The highest BCUT2D eigenvalue weighted by Gasteiger charge is 2.27. The Hall–Kier alpha value is -1.68. The molecule has 0 unspecified atom stereocenters. The van der Waals surface area contributed by atoms with Gasteiger partial charge in [-0.25, -0.2) is 0 Å². The molecule has 0 heterocycles.